The number of ether oxygens (including phenoxy) is 1. The fraction of sp³-hybridized carbons (Fsp3) is 0.538. The number of para-hydroxylation sites is 1. The number of carbonyl (C=O) groups is 3. The van der Waals surface area contributed by atoms with Gasteiger partial charge in [0.15, 0.2) is 5.75 Å². The minimum Gasteiger partial charge on any atom is -0.485 e. The first-order valence-electron chi connectivity index (χ1n) is 12.5. The Labute approximate surface area is 217 Å². The number of anilines is 1. The number of benzene rings is 1. The molecule has 0 aliphatic carbocycles. The van der Waals surface area contributed by atoms with Gasteiger partial charge in [-0.2, -0.15) is 5.10 Å². The van der Waals surface area contributed by atoms with Crippen molar-refractivity contribution in [2.75, 3.05) is 32.1 Å². The normalized spacial score (nSPS) is 18.4. The predicted octanol–water partition coefficient (Wildman–Crippen LogP) is 2.25. The minimum atomic E-state index is -0.500. The molecule has 3 atom stereocenters. The van der Waals surface area contributed by atoms with Gasteiger partial charge in [0.25, 0.3) is 11.8 Å². The quantitative estimate of drug-likeness (QED) is 0.520. The van der Waals surface area contributed by atoms with Crippen molar-refractivity contribution in [3.63, 3.8) is 0 Å². The average molecular weight is 515 g/mol. The molecule has 1 aromatic heterocycles. The molecule has 11 heteroatoms. The molecule has 0 spiro atoms. The van der Waals surface area contributed by atoms with E-state index in [1.54, 1.807) is 62.0 Å². The van der Waals surface area contributed by atoms with Crippen LogP contribution in [-0.4, -0.2) is 87.5 Å². The van der Waals surface area contributed by atoms with Crippen molar-refractivity contribution < 1.29 is 24.2 Å². The van der Waals surface area contributed by atoms with E-state index < -0.39 is 18.1 Å². The first-order valence-corrected chi connectivity index (χ1v) is 12.5. The first kappa shape index (κ1) is 28.0. The van der Waals surface area contributed by atoms with Crippen molar-refractivity contribution in [2.45, 2.75) is 52.8 Å². The molecule has 0 saturated carbocycles. The summed E-state index contributed by atoms with van der Waals surface area (Å²) in [5, 5.41) is 19.8. The highest BCUT2D eigenvalue weighted by Crippen LogP contribution is 2.35. The highest BCUT2D eigenvalue weighted by atomic mass is 16.5. The lowest BCUT2D eigenvalue weighted by Gasteiger charge is -2.38. The van der Waals surface area contributed by atoms with Crippen molar-refractivity contribution in [1.82, 2.24) is 24.9 Å². The molecule has 202 valence electrons. The van der Waals surface area contributed by atoms with Gasteiger partial charge in [-0.1, -0.05) is 13.0 Å². The molecule has 1 aliphatic rings. The average Bonchev–Trinajstić information content (AvgIpc) is 3.18. The Morgan fingerprint density at radius 3 is 2.59 bits per heavy atom. The van der Waals surface area contributed by atoms with Gasteiger partial charge in [-0.25, -0.2) is 4.79 Å². The molecule has 1 aliphatic heterocycles. The van der Waals surface area contributed by atoms with Gasteiger partial charge in [0.1, 0.15) is 11.8 Å². The Hall–Kier alpha value is -3.60. The van der Waals surface area contributed by atoms with Crippen LogP contribution >= 0.6 is 0 Å². The largest absolute Gasteiger partial charge is 0.485 e. The molecule has 0 fully saturated rings. The van der Waals surface area contributed by atoms with E-state index in [9.17, 15) is 19.5 Å². The molecule has 4 amide bonds. The number of urea groups is 1. The molecular weight excluding hydrogens is 476 g/mol. The molecule has 1 aromatic carbocycles. The van der Waals surface area contributed by atoms with Crippen molar-refractivity contribution >= 4 is 23.5 Å². The van der Waals surface area contributed by atoms with Gasteiger partial charge >= 0.3 is 6.03 Å². The summed E-state index contributed by atoms with van der Waals surface area (Å²) in [6.07, 6.45) is -0.500. The third kappa shape index (κ3) is 6.40. The smallest absolute Gasteiger partial charge is 0.317 e. The lowest BCUT2D eigenvalue weighted by molar-refractivity contribution is 0.0368. The SMILES string of the molecule is Cc1cc(C(=O)Nc2cccc3c2O[C@H](CN(C)C(=O)NC(C)C)[C@H](C)CN([C@H](C)CO)C3=O)n(C)n1. The maximum Gasteiger partial charge on any atom is 0.317 e. The van der Waals surface area contributed by atoms with Crippen molar-refractivity contribution in [1.29, 1.82) is 0 Å². The number of rotatable bonds is 7. The number of hydrogen-bond acceptors (Lipinski definition) is 6. The number of nitrogens with one attached hydrogen (secondary N) is 2. The summed E-state index contributed by atoms with van der Waals surface area (Å²) in [7, 11) is 3.37. The van der Waals surface area contributed by atoms with Crippen molar-refractivity contribution in [2.24, 2.45) is 13.0 Å². The number of aryl methyl sites for hydroxylation is 2. The van der Waals surface area contributed by atoms with Crippen molar-refractivity contribution in [3.05, 3.63) is 41.2 Å². The second-order valence-electron chi connectivity index (χ2n) is 10.0. The lowest BCUT2D eigenvalue weighted by Crippen LogP contribution is -2.51. The summed E-state index contributed by atoms with van der Waals surface area (Å²) >= 11 is 0. The van der Waals surface area contributed by atoms with Crippen LogP contribution in [0.2, 0.25) is 0 Å². The maximum absolute atomic E-state index is 13.6. The Bertz CT molecular complexity index is 1150. The number of amides is 4. The van der Waals surface area contributed by atoms with Crippen LogP contribution in [0.4, 0.5) is 10.5 Å². The van der Waals surface area contributed by atoms with E-state index in [-0.39, 0.29) is 48.4 Å². The molecule has 0 radical (unpaired) electrons. The Balaban J connectivity index is 2.02. The fourth-order valence-electron chi connectivity index (χ4n) is 4.28. The van der Waals surface area contributed by atoms with E-state index in [4.69, 9.17) is 4.74 Å². The summed E-state index contributed by atoms with van der Waals surface area (Å²) in [6.45, 7) is 9.66. The summed E-state index contributed by atoms with van der Waals surface area (Å²) in [5.74, 6) is -0.665. The predicted molar refractivity (Wildman–Crippen MR) is 140 cm³/mol. The van der Waals surface area contributed by atoms with E-state index >= 15 is 0 Å². The van der Waals surface area contributed by atoms with Gasteiger partial charge in [0.05, 0.1) is 36.1 Å². The minimum absolute atomic E-state index is 0.0256. The van der Waals surface area contributed by atoms with E-state index in [0.29, 0.717) is 23.6 Å². The number of likely N-dealkylation sites (N-methyl/N-ethyl adjacent to an activating group) is 1. The molecule has 0 saturated heterocycles. The van der Waals surface area contributed by atoms with Crippen LogP contribution in [0.1, 0.15) is 54.2 Å². The van der Waals surface area contributed by atoms with Crippen LogP contribution in [0.25, 0.3) is 0 Å². The van der Waals surface area contributed by atoms with E-state index in [0.717, 1.165) is 0 Å². The summed E-state index contributed by atoms with van der Waals surface area (Å²) < 4.78 is 7.93. The van der Waals surface area contributed by atoms with Crippen LogP contribution in [0.5, 0.6) is 5.75 Å². The monoisotopic (exact) mass is 514 g/mol. The summed E-state index contributed by atoms with van der Waals surface area (Å²) in [5.41, 5.74) is 1.66. The maximum atomic E-state index is 13.6. The molecule has 2 heterocycles. The van der Waals surface area contributed by atoms with Gasteiger partial charge in [-0.05, 0) is 45.9 Å². The van der Waals surface area contributed by atoms with Gasteiger partial charge in [0, 0.05) is 32.6 Å². The Morgan fingerprint density at radius 1 is 1.30 bits per heavy atom. The van der Waals surface area contributed by atoms with Gasteiger partial charge in [0.2, 0.25) is 0 Å². The highest BCUT2D eigenvalue weighted by Gasteiger charge is 2.35. The highest BCUT2D eigenvalue weighted by molar-refractivity contribution is 6.06. The van der Waals surface area contributed by atoms with Crippen LogP contribution in [0.3, 0.4) is 0 Å². The molecule has 37 heavy (non-hydrogen) atoms. The third-order valence-electron chi connectivity index (χ3n) is 6.39. The van der Waals surface area contributed by atoms with E-state index in [1.165, 1.54) is 4.68 Å². The standard InChI is InChI=1S/C26H38N6O5/c1-15(2)27-26(36)30(6)13-22-16(3)12-32(18(5)14-33)25(35)19-9-8-10-20(23(19)37-22)28-24(34)21-11-17(4)29-31(21)7/h8-11,15-16,18,22,33H,12-14H2,1-7H3,(H,27,36)(H,28,34)/t16-,18-,22-/m1/s1. The number of aliphatic hydroxyl groups excluding tert-OH is 1. The molecule has 0 bridgehead atoms. The number of hydrogen-bond donors (Lipinski definition) is 3. The third-order valence-corrected chi connectivity index (χ3v) is 6.39. The molecular formula is C26H38N6O5. The number of aliphatic hydroxyl groups is 1. The van der Waals surface area contributed by atoms with Crippen LogP contribution < -0.4 is 15.4 Å². The zero-order chi connectivity index (χ0) is 27.4. The van der Waals surface area contributed by atoms with E-state index in [1.807, 2.05) is 20.8 Å². The fourth-order valence-corrected chi connectivity index (χ4v) is 4.28. The lowest BCUT2D eigenvalue weighted by atomic mass is 9.99. The molecule has 2 aromatic rings. The van der Waals surface area contributed by atoms with Crippen LogP contribution in [0.15, 0.2) is 24.3 Å². The van der Waals surface area contributed by atoms with Gasteiger partial charge < -0.3 is 30.3 Å². The molecule has 11 nitrogen and oxygen atoms in total. The summed E-state index contributed by atoms with van der Waals surface area (Å²) in [4.78, 5) is 42.4. The van der Waals surface area contributed by atoms with Gasteiger partial charge in [-0.3, -0.25) is 14.3 Å². The van der Waals surface area contributed by atoms with Crippen molar-refractivity contribution in [3.8, 4) is 5.75 Å². The summed E-state index contributed by atoms with van der Waals surface area (Å²) in [6, 6.07) is 5.96. The Morgan fingerprint density at radius 2 is 2.00 bits per heavy atom. The number of nitrogens with zero attached hydrogens (tertiary/aromatic N) is 4. The first-order chi connectivity index (χ1) is 17.4. The Kier molecular flexibility index (Phi) is 8.80. The number of fused-ring (bicyclic) bond motifs is 1. The van der Waals surface area contributed by atoms with E-state index in [2.05, 4.69) is 15.7 Å². The molecule has 3 rings (SSSR count). The zero-order valence-electron chi connectivity index (χ0n) is 22.6. The number of carbonyl (C=O) groups excluding carboxylic acids is 3. The molecule has 0 unspecified atom stereocenters. The number of aromatic nitrogens is 2. The van der Waals surface area contributed by atoms with Gasteiger partial charge in [-0.15, -0.1) is 0 Å². The zero-order valence-corrected chi connectivity index (χ0v) is 22.6. The topological polar surface area (TPSA) is 129 Å². The molecule has 3 N–H and O–H groups in total. The van der Waals surface area contributed by atoms with Crippen LogP contribution in [0, 0.1) is 12.8 Å². The second-order valence-corrected chi connectivity index (χ2v) is 10.0. The second kappa shape index (κ2) is 11.6. The van der Waals surface area contributed by atoms with Crippen LogP contribution in [-0.2, 0) is 7.05 Å².